The average Bonchev–Trinajstić information content (AvgIpc) is 2.81. The third-order valence-electron chi connectivity index (χ3n) is 5.81. The number of hydrogen-bond acceptors (Lipinski definition) is 3. The van der Waals surface area contributed by atoms with Gasteiger partial charge in [-0.25, -0.2) is 8.42 Å². The molecule has 1 amide bonds. The van der Waals surface area contributed by atoms with Gasteiger partial charge in [0.15, 0.2) is 0 Å². The summed E-state index contributed by atoms with van der Waals surface area (Å²) in [4.78, 5) is 13.3. The first-order valence-corrected chi connectivity index (χ1v) is 12.4. The lowest BCUT2D eigenvalue weighted by atomic mass is 9.98. The molecule has 0 aliphatic carbocycles. The maximum atomic E-state index is 13.3. The van der Waals surface area contributed by atoms with Crippen LogP contribution in [0.4, 0.5) is 0 Å². The normalized spacial score (nSPS) is 17.1. The van der Waals surface area contributed by atoms with E-state index in [1.54, 1.807) is 31.2 Å². The van der Waals surface area contributed by atoms with Crippen molar-refractivity contribution >= 4 is 27.5 Å². The number of rotatable bonds is 5. The number of piperidine rings is 1. The van der Waals surface area contributed by atoms with Gasteiger partial charge in [-0.2, -0.15) is 4.31 Å². The molecule has 1 aliphatic rings. The van der Waals surface area contributed by atoms with Gasteiger partial charge in [-0.1, -0.05) is 66.2 Å². The second-order valence-corrected chi connectivity index (χ2v) is 10.3. The van der Waals surface area contributed by atoms with Crippen LogP contribution < -0.4 is 5.32 Å². The van der Waals surface area contributed by atoms with E-state index in [9.17, 15) is 13.2 Å². The topological polar surface area (TPSA) is 66.5 Å². The molecule has 1 aliphatic heterocycles. The molecule has 0 unspecified atom stereocenters. The van der Waals surface area contributed by atoms with Crippen LogP contribution in [-0.2, 0) is 10.0 Å². The van der Waals surface area contributed by atoms with Crippen molar-refractivity contribution in [3.05, 3.63) is 88.9 Å². The van der Waals surface area contributed by atoms with E-state index in [4.69, 9.17) is 11.6 Å². The van der Waals surface area contributed by atoms with Gasteiger partial charge in [0.2, 0.25) is 10.0 Å². The molecule has 0 radical (unpaired) electrons. The molecule has 1 saturated heterocycles. The fraction of sp³-hybridized carbons (Fsp3) is 0.240. The number of amides is 1. The Morgan fingerprint density at radius 3 is 2.50 bits per heavy atom. The zero-order chi connectivity index (χ0) is 22.7. The Labute approximate surface area is 194 Å². The lowest BCUT2D eigenvalue weighted by Crippen LogP contribution is -2.49. The van der Waals surface area contributed by atoms with Crippen molar-refractivity contribution in [3.63, 3.8) is 0 Å². The van der Waals surface area contributed by atoms with Crippen molar-refractivity contribution in [1.82, 2.24) is 9.62 Å². The number of sulfonamides is 1. The summed E-state index contributed by atoms with van der Waals surface area (Å²) in [6.07, 6.45) is 1.39. The maximum Gasteiger partial charge on any atom is 0.252 e. The van der Waals surface area contributed by atoms with Crippen LogP contribution in [0.2, 0.25) is 5.02 Å². The second-order valence-electron chi connectivity index (χ2n) is 7.95. The summed E-state index contributed by atoms with van der Waals surface area (Å²) in [6, 6.07) is 21.8. The third kappa shape index (κ3) is 4.58. The van der Waals surface area contributed by atoms with Gasteiger partial charge in [0.1, 0.15) is 0 Å². The lowest BCUT2D eigenvalue weighted by Gasteiger charge is -2.33. The molecule has 32 heavy (non-hydrogen) atoms. The van der Waals surface area contributed by atoms with Crippen LogP contribution in [-0.4, -0.2) is 37.8 Å². The molecule has 5 nitrogen and oxygen atoms in total. The number of nitrogens with one attached hydrogen (secondary N) is 1. The van der Waals surface area contributed by atoms with Crippen LogP contribution in [0.1, 0.15) is 28.8 Å². The van der Waals surface area contributed by atoms with Crippen molar-refractivity contribution in [2.75, 3.05) is 13.1 Å². The molecular formula is C25H25ClN2O3S. The minimum atomic E-state index is -3.70. The molecule has 166 valence electrons. The average molecular weight is 469 g/mol. The highest BCUT2D eigenvalue weighted by atomic mass is 35.5. The maximum absolute atomic E-state index is 13.3. The second kappa shape index (κ2) is 9.45. The van der Waals surface area contributed by atoms with Crippen molar-refractivity contribution in [2.24, 2.45) is 0 Å². The lowest BCUT2D eigenvalue weighted by molar-refractivity contribution is 0.0922. The first kappa shape index (κ1) is 22.5. The zero-order valence-electron chi connectivity index (χ0n) is 17.8. The summed E-state index contributed by atoms with van der Waals surface area (Å²) in [5.41, 5.74) is 2.92. The smallest absolute Gasteiger partial charge is 0.252 e. The van der Waals surface area contributed by atoms with Crippen LogP contribution in [0.15, 0.2) is 77.7 Å². The Hall–Kier alpha value is -2.67. The molecule has 3 aromatic carbocycles. The molecule has 7 heteroatoms. The van der Waals surface area contributed by atoms with Crippen LogP contribution in [0.3, 0.4) is 0 Å². The highest BCUT2D eigenvalue weighted by molar-refractivity contribution is 7.89. The monoisotopic (exact) mass is 468 g/mol. The summed E-state index contributed by atoms with van der Waals surface area (Å²) in [7, 11) is -3.70. The Morgan fingerprint density at radius 2 is 1.72 bits per heavy atom. The van der Waals surface area contributed by atoms with Gasteiger partial charge in [0.25, 0.3) is 5.91 Å². The predicted octanol–water partition coefficient (Wildman–Crippen LogP) is 4.90. The number of benzene rings is 3. The predicted molar refractivity (Wildman–Crippen MR) is 127 cm³/mol. The van der Waals surface area contributed by atoms with Crippen LogP contribution >= 0.6 is 11.6 Å². The Morgan fingerprint density at radius 1 is 1.00 bits per heavy atom. The SMILES string of the molecule is Cc1c(Cl)cccc1S(=O)(=O)N1CCC[C@H](NC(=O)c2ccccc2-c2ccccc2)C1. The summed E-state index contributed by atoms with van der Waals surface area (Å²) in [6.45, 7) is 2.35. The highest BCUT2D eigenvalue weighted by Gasteiger charge is 2.32. The van der Waals surface area contributed by atoms with Crippen molar-refractivity contribution in [1.29, 1.82) is 0 Å². The minimum absolute atomic E-state index is 0.201. The van der Waals surface area contributed by atoms with Crippen molar-refractivity contribution in [3.8, 4) is 11.1 Å². The largest absolute Gasteiger partial charge is 0.348 e. The molecule has 0 aromatic heterocycles. The standard InChI is InChI=1S/C25H25ClN2O3S/c1-18-23(26)14-7-15-24(18)32(30,31)28-16-8-11-20(17-28)27-25(29)22-13-6-5-12-21(22)19-9-3-2-4-10-19/h2-7,9-10,12-15,20H,8,11,16-17H2,1H3,(H,27,29)/t20-/m0/s1. The van der Waals surface area contributed by atoms with Gasteiger partial charge in [0, 0.05) is 29.7 Å². The van der Waals surface area contributed by atoms with E-state index >= 15 is 0 Å². The quantitative estimate of drug-likeness (QED) is 0.579. The van der Waals surface area contributed by atoms with Crippen LogP contribution in [0, 0.1) is 6.92 Å². The molecule has 1 N–H and O–H groups in total. The Kier molecular flexibility index (Phi) is 6.65. The van der Waals surface area contributed by atoms with E-state index in [0.717, 1.165) is 17.5 Å². The minimum Gasteiger partial charge on any atom is -0.348 e. The van der Waals surface area contributed by atoms with E-state index in [1.165, 1.54) is 4.31 Å². The summed E-state index contributed by atoms with van der Waals surface area (Å²) in [5, 5.41) is 3.48. The molecule has 0 spiro atoms. The van der Waals surface area contributed by atoms with E-state index < -0.39 is 10.0 Å². The number of carbonyl (C=O) groups excluding carboxylic acids is 1. The van der Waals surface area contributed by atoms with Gasteiger partial charge in [-0.15, -0.1) is 0 Å². The van der Waals surface area contributed by atoms with Crippen molar-refractivity contribution < 1.29 is 13.2 Å². The molecule has 3 aromatic rings. The first-order valence-electron chi connectivity index (χ1n) is 10.6. The molecule has 0 bridgehead atoms. The highest BCUT2D eigenvalue weighted by Crippen LogP contribution is 2.28. The fourth-order valence-corrected chi connectivity index (χ4v) is 6.10. The van der Waals surface area contributed by atoms with E-state index in [1.807, 2.05) is 48.5 Å². The number of hydrogen-bond donors (Lipinski definition) is 1. The van der Waals surface area contributed by atoms with E-state index in [-0.39, 0.29) is 23.4 Å². The van der Waals surface area contributed by atoms with E-state index in [0.29, 0.717) is 29.1 Å². The van der Waals surface area contributed by atoms with Gasteiger partial charge >= 0.3 is 0 Å². The molecule has 4 rings (SSSR count). The van der Waals surface area contributed by atoms with Crippen molar-refractivity contribution in [2.45, 2.75) is 30.7 Å². The fourth-order valence-electron chi connectivity index (χ4n) is 4.10. The molecule has 1 atom stereocenters. The Bertz CT molecular complexity index is 1230. The molecule has 1 fully saturated rings. The molecule has 1 heterocycles. The summed E-state index contributed by atoms with van der Waals surface area (Å²) in [5.74, 6) is -0.201. The number of halogens is 1. The number of nitrogens with zero attached hydrogens (tertiary/aromatic N) is 1. The first-order chi connectivity index (χ1) is 15.4. The van der Waals surface area contributed by atoms with Gasteiger partial charge in [-0.05, 0) is 54.7 Å². The van der Waals surface area contributed by atoms with Gasteiger partial charge < -0.3 is 5.32 Å². The zero-order valence-corrected chi connectivity index (χ0v) is 19.4. The molecule has 0 saturated carbocycles. The summed E-state index contributed by atoms with van der Waals surface area (Å²) >= 11 is 6.15. The van der Waals surface area contributed by atoms with Crippen LogP contribution in [0.5, 0.6) is 0 Å². The van der Waals surface area contributed by atoms with E-state index in [2.05, 4.69) is 5.32 Å². The molecular weight excluding hydrogens is 444 g/mol. The third-order valence-corrected chi connectivity index (χ3v) is 8.23. The van der Waals surface area contributed by atoms with Gasteiger partial charge in [0.05, 0.1) is 4.90 Å². The van der Waals surface area contributed by atoms with Gasteiger partial charge in [-0.3, -0.25) is 4.79 Å². The number of carbonyl (C=O) groups is 1. The van der Waals surface area contributed by atoms with Crippen LogP contribution in [0.25, 0.3) is 11.1 Å². The Balaban J connectivity index is 1.53. The summed E-state index contributed by atoms with van der Waals surface area (Å²) < 4.78 is 28.0.